The quantitative estimate of drug-likeness (QED) is 0.628. The van der Waals surface area contributed by atoms with Gasteiger partial charge in [-0.25, -0.2) is 18.2 Å². The Bertz CT molecular complexity index is 1020. The molecule has 0 atom stereocenters. The molecule has 0 amide bonds. The van der Waals surface area contributed by atoms with Crippen LogP contribution in [0, 0.1) is 0 Å². The lowest BCUT2D eigenvalue weighted by Crippen LogP contribution is -2.48. The van der Waals surface area contributed by atoms with Gasteiger partial charge in [0.15, 0.2) is 6.61 Å². The maximum absolute atomic E-state index is 12.9. The third-order valence-corrected chi connectivity index (χ3v) is 6.77. The zero-order valence-corrected chi connectivity index (χ0v) is 18.8. The average molecular weight is 470 g/mol. The lowest BCUT2D eigenvalue weighted by molar-refractivity contribution is -0.139. The first kappa shape index (κ1) is 23.1. The third kappa shape index (κ3) is 5.78. The number of aliphatic carboxylic acids is 1. The minimum absolute atomic E-state index is 0.0501. The Labute approximate surface area is 186 Å². The van der Waals surface area contributed by atoms with Crippen LogP contribution in [0.1, 0.15) is 13.8 Å². The number of benzene rings is 1. The molecule has 0 radical (unpaired) electrons. The molecule has 1 fully saturated rings. The molecule has 1 aliphatic rings. The van der Waals surface area contributed by atoms with Crippen molar-refractivity contribution < 1.29 is 27.8 Å². The summed E-state index contributed by atoms with van der Waals surface area (Å²) in [6.07, 6.45) is 1.26. The van der Waals surface area contributed by atoms with Gasteiger partial charge in [0.05, 0.1) is 17.3 Å². The van der Waals surface area contributed by atoms with E-state index in [4.69, 9.17) is 26.2 Å². The normalized spacial score (nSPS) is 15.2. The van der Waals surface area contributed by atoms with Crippen LogP contribution in [0.15, 0.2) is 41.4 Å². The number of nitrogens with zero attached hydrogens (tertiary/aromatic N) is 3. The minimum Gasteiger partial charge on any atom is -0.480 e. The number of halogens is 1. The number of carboxylic acids is 1. The van der Waals surface area contributed by atoms with E-state index in [1.54, 1.807) is 24.3 Å². The van der Waals surface area contributed by atoms with E-state index in [2.05, 4.69) is 4.98 Å². The number of carbonyl (C=O) groups is 1. The van der Waals surface area contributed by atoms with E-state index in [0.717, 1.165) is 5.69 Å². The molecule has 0 aliphatic carbocycles. The van der Waals surface area contributed by atoms with Crippen LogP contribution in [0.25, 0.3) is 0 Å². The molecule has 0 saturated carbocycles. The van der Waals surface area contributed by atoms with E-state index in [-0.39, 0.29) is 16.7 Å². The Morgan fingerprint density at radius 1 is 1.19 bits per heavy atom. The smallest absolute Gasteiger partial charge is 0.341 e. The summed E-state index contributed by atoms with van der Waals surface area (Å²) in [5.74, 6) is -0.451. The molecule has 1 saturated heterocycles. The van der Waals surface area contributed by atoms with Crippen molar-refractivity contribution in [1.29, 1.82) is 0 Å². The molecule has 3 rings (SSSR count). The summed E-state index contributed by atoms with van der Waals surface area (Å²) in [5, 5.41) is 9.09. The van der Waals surface area contributed by atoms with Crippen molar-refractivity contribution in [3.8, 4) is 11.6 Å². The van der Waals surface area contributed by atoms with Gasteiger partial charge in [-0.15, -0.1) is 0 Å². The van der Waals surface area contributed by atoms with E-state index < -0.39 is 22.6 Å². The molecular formula is C20H24ClN3O6S. The molecule has 1 aromatic carbocycles. The van der Waals surface area contributed by atoms with Crippen LogP contribution in [-0.2, 0) is 14.8 Å². The maximum Gasteiger partial charge on any atom is 0.341 e. The predicted octanol–water partition coefficient (Wildman–Crippen LogP) is 2.50. The molecule has 0 spiro atoms. The van der Waals surface area contributed by atoms with Crippen LogP contribution >= 0.6 is 11.6 Å². The van der Waals surface area contributed by atoms with E-state index in [0.29, 0.717) is 37.1 Å². The van der Waals surface area contributed by atoms with E-state index in [1.165, 1.54) is 16.6 Å². The van der Waals surface area contributed by atoms with Gasteiger partial charge in [-0.3, -0.25) is 0 Å². The average Bonchev–Trinajstić information content (AvgIpc) is 2.73. The number of hydrogen-bond donors (Lipinski definition) is 1. The molecule has 1 aliphatic heterocycles. The summed E-state index contributed by atoms with van der Waals surface area (Å²) in [6, 6.07) is 8.13. The molecule has 1 aromatic heterocycles. The molecule has 0 bridgehead atoms. The Balaban J connectivity index is 1.66. The van der Waals surface area contributed by atoms with Gasteiger partial charge in [0, 0.05) is 44.0 Å². The number of sulfonamides is 1. The van der Waals surface area contributed by atoms with Gasteiger partial charge in [-0.05, 0) is 32.0 Å². The Hall–Kier alpha value is -2.56. The highest BCUT2D eigenvalue weighted by molar-refractivity contribution is 7.89. The standard InChI is InChI=1S/C20H24ClN3O6S/c1-14(2)30-19-6-4-16(12-22-19)31(27,28)24-9-7-23(8-10-24)15-3-5-17(21)18(11-15)29-13-20(25)26/h3-6,11-12,14H,7-10,13H2,1-2H3,(H,25,26). The molecule has 168 valence electrons. The first-order valence-corrected chi connectivity index (χ1v) is 11.5. The van der Waals surface area contributed by atoms with Gasteiger partial charge in [-0.1, -0.05) is 11.6 Å². The summed E-state index contributed by atoms with van der Waals surface area (Å²) in [7, 11) is -3.67. The number of carboxylic acid groups (broad SMARTS) is 1. The van der Waals surface area contributed by atoms with Crippen molar-refractivity contribution in [3.05, 3.63) is 41.6 Å². The first-order chi connectivity index (χ1) is 14.7. The van der Waals surface area contributed by atoms with Crippen molar-refractivity contribution in [3.63, 3.8) is 0 Å². The largest absolute Gasteiger partial charge is 0.480 e. The van der Waals surface area contributed by atoms with Gasteiger partial charge in [-0.2, -0.15) is 4.31 Å². The summed E-state index contributed by atoms with van der Waals surface area (Å²) >= 11 is 6.07. The zero-order valence-electron chi connectivity index (χ0n) is 17.2. The Morgan fingerprint density at radius 3 is 2.48 bits per heavy atom. The Kier molecular flexibility index (Phi) is 7.24. The van der Waals surface area contributed by atoms with Crippen LogP contribution in [0.3, 0.4) is 0 Å². The molecule has 11 heteroatoms. The van der Waals surface area contributed by atoms with E-state index in [9.17, 15) is 13.2 Å². The fourth-order valence-electron chi connectivity index (χ4n) is 3.11. The summed E-state index contributed by atoms with van der Waals surface area (Å²) in [5.41, 5.74) is 0.777. The second kappa shape index (κ2) is 9.71. The monoisotopic (exact) mass is 469 g/mol. The van der Waals surface area contributed by atoms with Crippen molar-refractivity contribution in [2.45, 2.75) is 24.8 Å². The number of anilines is 1. The van der Waals surface area contributed by atoms with Gasteiger partial charge in [0.25, 0.3) is 0 Å². The number of aromatic nitrogens is 1. The fraction of sp³-hybridized carbons (Fsp3) is 0.400. The van der Waals surface area contributed by atoms with Crippen LogP contribution < -0.4 is 14.4 Å². The van der Waals surface area contributed by atoms with Crippen molar-refractivity contribution >= 4 is 33.3 Å². The molecule has 1 N–H and O–H groups in total. The lowest BCUT2D eigenvalue weighted by atomic mass is 10.2. The van der Waals surface area contributed by atoms with Crippen LogP contribution in [0.2, 0.25) is 5.02 Å². The molecule has 9 nitrogen and oxygen atoms in total. The highest BCUT2D eigenvalue weighted by Crippen LogP contribution is 2.30. The highest BCUT2D eigenvalue weighted by atomic mass is 35.5. The van der Waals surface area contributed by atoms with Crippen molar-refractivity contribution in [2.75, 3.05) is 37.7 Å². The number of pyridine rings is 1. The first-order valence-electron chi connectivity index (χ1n) is 9.69. The predicted molar refractivity (Wildman–Crippen MR) is 116 cm³/mol. The van der Waals surface area contributed by atoms with Gasteiger partial charge < -0.3 is 19.5 Å². The molecule has 2 aromatic rings. The maximum atomic E-state index is 12.9. The van der Waals surface area contributed by atoms with Gasteiger partial charge in [0.1, 0.15) is 10.6 Å². The Morgan fingerprint density at radius 2 is 1.90 bits per heavy atom. The molecular weight excluding hydrogens is 446 g/mol. The van der Waals surface area contributed by atoms with Crippen molar-refractivity contribution in [1.82, 2.24) is 9.29 Å². The second-order valence-electron chi connectivity index (χ2n) is 7.19. The van der Waals surface area contributed by atoms with Crippen LogP contribution in [0.5, 0.6) is 11.6 Å². The number of hydrogen-bond acceptors (Lipinski definition) is 7. The number of ether oxygens (including phenoxy) is 2. The highest BCUT2D eigenvalue weighted by Gasteiger charge is 2.29. The summed E-state index contributed by atoms with van der Waals surface area (Å²) in [6.45, 7) is 4.75. The zero-order chi connectivity index (χ0) is 22.6. The SMILES string of the molecule is CC(C)Oc1ccc(S(=O)(=O)N2CCN(c3ccc(Cl)c(OCC(=O)O)c3)CC2)cn1. The van der Waals surface area contributed by atoms with Gasteiger partial charge in [0.2, 0.25) is 15.9 Å². The third-order valence-electron chi connectivity index (χ3n) is 4.57. The van der Waals surface area contributed by atoms with Gasteiger partial charge >= 0.3 is 5.97 Å². The minimum atomic E-state index is -3.67. The van der Waals surface area contributed by atoms with Crippen LogP contribution in [0.4, 0.5) is 5.69 Å². The molecule has 2 heterocycles. The van der Waals surface area contributed by atoms with Crippen LogP contribution in [-0.4, -0.2) is 67.7 Å². The fourth-order valence-corrected chi connectivity index (χ4v) is 4.65. The number of piperazine rings is 1. The van der Waals surface area contributed by atoms with E-state index >= 15 is 0 Å². The number of rotatable bonds is 8. The molecule has 31 heavy (non-hydrogen) atoms. The second-order valence-corrected chi connectivity index (χ2v) is 9.53. The van der Waals surface area contributed by atoms with E-state index in [1.807, 2.05) is 18.7 Å². The molecule has 0 unspecified atom stereocenters. The topological polar surface area (TPSA) is 109 Å². The summed E-state index contributed by atoms with van der Waals surface area (Å²) in [4.78, 5) is 16.9. The summed E-state index contributed by atoms with van der Waals surface area (Å²) < 4.78 is 38.0. The lowest BCUT2D eigenvalue weighted by Gasteiger charge is -2.35. The van der Waals surface area contributed by atoms with Crippen molar-refractivity contribution in [2.24, 2.45) is 0 Å².